The van der Waals surface area contributed by atoms with Crippen molar-refractivity contribution in [3.63, 3.8) is 0 Å². The molecule has 7 nitrogen and oxygen atoms in total. The maximum absolute atomic E-state index is 12.9. The lowest BCUT2D eigenvalue weighted by Gasteiger charge is -2.22. The smallest absolute Gasteiger partial charge is 0.255 e. The van der Waals surface area contributed by atoms with Crippen LogP contribution in [-0.2, 0) is 4.79 Å². The van der Waals surface area contributed by atoms with Gasteiger partial charge in [0.05, 0.1) is 22.1 Å². The Morgan fingerprint density at radius 1 is 1.06 bits per heavy atom. The number of ether oxygens (including phenoxy) is 2. The Morgan fingerprint density at radius 2 is 1.77 bits per heavy atom. The molecule has 2 aromatic carbocycles. The van der Waals surface area contributed by atoms with Gasteiger partial charge >= 0.3 is 0 Å². The molecule has 2 aliphatic rings. The van der Waals surface area contributed by atoms with Gasteiger partial charge in [0, 0.05) is 24.3 Å². The quantitative estimate of drug-likeness (QED) is 0.567. The minimum atomic E-state index is -0.456. The van der Waals surface area contributed by atoms with Crippen LogP contribution < -0.4 is 19.7 Å². The molecule has 0 saturated heterocycles. The van der Waals surface area contributed by atoms with Crippen LogP contribution in [0.1, 0.15) is 36.7 Å². The van der Waals surface area contributed by atoms with E-state index in [-0.39, 0.29) is 10.7 Å². The summed E-state index contributed by atoms with van der Waals surface area (Å²) >= 11 is 6.36. The number of benzene rings is 2. The highest BCUT2D eigenvalue weighted by molar-refractivity contribution is 6.49. The average molecular weight is 494 g/mol. The molecule has 1 aliphatic carbocycles. The van der Waals surface area contributed by atoms with E-state index in [1.54, 1.807) is 31.2 Å². The number of amides is 1. The molecule has 35 heavy (non-hydrogen) atoms. The first-order valence-corrected chi connectivity index (χ1v) is 12.0. The summed E-state index contributed by atoms with van der Waals surface area (Å²) in [4.78, 5) is 32.7. The first-order chi connectivity index (χ1) is 16.8. The average Bonchev–Trinajstić information content (AvgIpc) is 2.87. The molecule has 0 saturated carbocycles. The Labute approximate surface area is 210 Å². The van der Waals surface area contributed by atoms with Gasteiger partial charge in [-0.15, -0.1) is 0 Å². The third kappa shape index (κ3) is 5.10. The van der Waals surface area contributed by atoms with Crippen molar-refractivity contribution in [3.05, 3.63) is 69.9 Å². The Balaban J connectivity index is 1.62. The number of halogens is 1. The van der Waals surface area contributed by atoms with Crippen LogP contribution in [-0.4, -0.2) is 43.7 Å². The minimum absolute atomic E-state index is 0.0288. The molecular formula is C27H28ClN3O4. The zero-order valence-corrected chi connectivity index (χ0v) is 21.0. The second-order valence-electron chi connectivity index (χ2n) is 8.28. The Hall–Kier alpha value is -3.58. The summed E-state index contributed by atoms with van der Waals surface area (Å²) < 4.78 is 11.1. The second kappa shape index (κ2) is 10.4. The van der Waals surface area contributed by atoms with Crippen LogP contribution in [0.4, 0.5) is 11.4 Å². The van der Waals surface area contributed by atoms with E-state index in [1.807, 2.05) is 19.1 Å². The lowest BCUT2D eigenvalue weighted by molar-refractivity contribution is -0.112. The van der Waals surface area contributed by atoms with E-state index in [0.717, 1.165) is 30.0 Å². The topological polar surface area (TPSA) is 80.2 Å². The summed E-state index contributed by atoms with van der Waals surface area (Å²) in [5.41, 5.74) is 4.37. The summed E-state index contributed by atoms with van der Waals surface area (Å²) in [6.07, 6.45) is 1.57. The molecule has 0 spiro atoms. The number of nitrogens with one attached hydrogen (secondary N) is 1. The molecule has 2 aromatic rings. The third-order valence-electron chi connectivity index (χ3n) is 6.04. The fraction of sp³-hybridized carbons (Fsp3) is 0.296. The highest BCUT2D eigenvalue weighted by Gasteiger charge is 2.26. The molecule has 1 amide bonds. The highest BCUT2D eigenvalue weighted by atomic mass is 35.5. The number of aliphatic imine (C=N–C) groups is 1. The third-order valence-corrected chi connectivity index (χ3v) is 6.50. The van der Waals surface area contributed by atoms with Crippen molar-refractivity contribution < 1.29 is 19.1 Å². The van der Waals surface area contributed by atoms with Crippen molar-refractivity contribution in [2.45, 2.75) is 27.7 Å². The minimum Gasteiger partial charge on any atom is -0.486 e. The fourth-order valence-electron chi connectivity index (χ4n) is 3.98. The van der Waals surface area contributed by atoms with Crippen molar-refractivity contribution in [2.24, 2.45) is 4.99 Å². The predicted molar refractivity (Wildman–Crippen MR) is 138 cm³/mol. The number of carbonyl (C=O) groups excluding carboxylic acids is 2. The zero-order valence-electron chi connectivity index (χ0n) is 20.3. The second-order valence-corrected chi connectivity index (χ2v) is 8.66. The number of anilines is 1. The van der Waals surface area contributed by atoms with Gasteiger partial charge in [0.2, 0.25) is 5.78 Å². The Morgan fingerprint density at radius 3 is 2.46 bits per heavy atom. The summed E-state index contributed by atoms with van der Waals surface area (Å²) in [5.74, 6) is 0.166. The first kappa shape index (κ1) is 24.5. The number of hydrogen-bond acceptors (Lipinski definition) is 6. The molecule has 1 aliphatic heterocycles. The molecule has 0 atom stereocenters. The molecule has 0 unspecified atom stereocenters. The molecule has 1 heterocycles. The van der Waals surface area contributed by atoms with E-state index < -0.39 is 11.7 Å². The number of rotatable bonds is 6. The van der Waals surface area contributed by atoms with Gasteiger partial charge in [-0.1, -0.05) is 11.6 Å². The van der Waals surface area contributed by atoms with Gasteiger partial charge < -0.3 is 19.7 Å². The molecule has 182 valence electrons. The van der Waals surface area contributed by atoms with Gasteiger partial charge in [0.1, 0.15) is 13.2 Å². The van der Waals surface area contributed by atoms with Gasteiger partial charge in [-0.2, -0.15) is 0 Å². The molecule has 4 rings (SSSR count). The normalized spacial score (nSPS) is 16.3. The summed E-state index contributed by atoms with van der Waals surface area (Å²) in [6, 6.07) is 11.0. The van der Waals surface area contributed by atoms with Gasteiger partial charge in [0.15, 0.2) is 11.5 Å². The SMILES string of the molecule is CCN(CC)c1ccc(N=C2C=C(NC(=O)c3ccc4c(c3)OCCO4)C(=O)C(Cl)=C2C)c(C)c1. The van der Waals surface area contributed by atoms with Gasteiger partial charge in [-0.3, -0.25) is 9.59 Å². The molecule has 0 bridgehead atoms. The van der Waals surface area contributed by atoms with Crippen LogP contribution in [0.25, 0.3) is 0 Å². The number of allylic oxidation sites excluding steroid dienone is 3. The van der Waals surface area contributed by atoms with Crippen LogP contribution in [0.15, 0.2) is 63.8 Å². The highest BCUT2D eigenvalue weighted by Crippen LogP contribution is 2.31. The van der Waals surface area contributed by atoms with Gasteiger partial charge in [0.25, 0.3) is 5.91 Å². The summed E-state index contributed by atoms with van der Waals surface area (Å²) in [6.45, 7) is 10.7. The monoisotopic (exact) mass is 493 g/mol. The van der Waals surface area contributed by atoms with E-state index in [9.17, 15) is 9.59 Å². The Bertz CT molecular complexity index is 1280. The number of Topliss-reactive ketones (excluding diaryl/α,β-unsaturated/α-hetero) is 1. The van der Waals surface area contributed by atoms with Crippen LogP contribution in [0.5, 0.6) is 11.5 Å². The molecule has 1 N–H and O–H groups in total. The standard InChI is InChI=1S/C27H28ClN3O4/c1-5-31(6-2)19-8-9-20(16(3)13-19)29-21-15-22(26(32)25(28)17(21)4)30-27(33)18-7-10-23-24(14-18)35-12-11-34-23/h7-10,13-15H,5-6,11-12H2,1-4H3,(H,30,33). The molecular weight excluding hydrogens is 466 g/mol. The number of hydrogen-bond donors (Lipinski definition) is 1. The predicted octanol–water partition coefficient (Wildman–Crippen LogP) is 5.09. The van der Waals surface area contributed by atoms with Crippen molar-refractivity contribution in [3.8, 4) is 11.5 Å². The Kier molecular flexibility index (Phi) is 7.26. The molecule has 0 fully saturated rings. The number of ketones is 1. The van der Waals surface area contributed by atoms with Crippen LogP contribution in [0.2, 0.25) is 0 Å². The van der Waals surface area contributed by atoms with E-state index >= 15 is 0 Å². The number of aryl methyl sites for hydroxylation is 1. The number of fused-ring (bicyclic) bond motifs is 1. The lowest BCUT2D eigenvalue weighted by atomic mass is 10.0. The van der Waals surface area contributed by atoms with Crippen molar-refractivity contribution in [2.75, 3.05) is 31.2 Å². The lowest BCUT2D eigenvalue weighted by Crippen LogP contribution is -2.31. The van der Waals surface area contributed by atoms with Crippen LogP contribution >= 0.6 is 11.6 Å². The number of carbonyl (C=O) groups is 2. The molecule has 0 aromatic heterocycles. The van der Waals surface area contributed by atoms with Crippen LogP contribution in [0, 0.1) is 6.92 Å². The van der Waals surface area contributed by atoms with E-state index in [1.165, 1.54) is 0 Å². The summed E-state index contributed by atoms with van der Waals surface area (Å²) in [7, 11) is 0. The maximum atomic E-state index is 12.9. The number of nitrogens with zero attached hydrogens (tertiary/aromatic N) is 2. The van der Waals surface area contributed by atoms with E-state index in [0.29, 0.717) is 41.6 Å². The maximum Gasteiger partial charge on any atom is 0.255 e. The van der Waals surface area contributed by atoms with Crippen molar-refractivity contribution in [1.82, 2.24) is 5.32 Å². The van der Waals surface area contributed by atoms with Crippen molar-refractivity contribution in [1.29, 1.82) is 0 Å². The van der Waals surface area contributed by atoms with E-state index in [4.69, 9.17) is 26.1 Å². The fourth-order valence-corrected chi connectivity index (χ4v) is 4.18. The van der Waals surface area contributed by atoms with E-state index in [2.05, 4.69) is 30.1 Å². The first-order valence-electron chi connectivity index (χ1n) is 11.6. The molecule has 0 radical (unpaired) electrons. The zero-order chi connectivity index (χ0) is 25.1. The summed E-state index contributed by atoms with van der Waals surface area (Å²) in [5, 5.41) is 2.71. The van der Waals surface area contributed by atoms with Crippen LogP contribution in [0.3, 0.4) is 0 Å². The van der Waals surface area contributed by atoms with Gasteiger partial charge in [-0.25, -0.2) is 4.99 Å². The van der Waals surface area contributed by atoms with Crippen molar-refractivity contribution >= 4 is 40.4 Å². The molecule has 8 heteroatoms. The van der Waals surface area contributed by atoms with Gasteiger partial charge in [-0.05, 0) is 81.3 Å². The largest absolute Gasteiger partial charge is 0.486 e.